The molecule has 0 atom stereocenters. The summed E-state index contributed by atoms with van der Waals surface area (Å²) in [7, 11) is 0. The van der Waals surface area contributed by atoms with Gasteiger partial charge in [0.2, 0.25) is 0 Å². The van der Waals surface area contributed by atoms with Crippen LogP contribution in [0.25, 0.3) is 93.9 Å². The molecule has 7 aromatic carbocycles. The van der Waals surface area contributed by atoms with Crippen molar-refractivity contribution >= 4 is 106 Å². The van der Waals surface area contributed by atoms with Crippen molar-refractivity contribution in [2.24, 2.45) is 0 Å². The van der Waals surface area contributed by atoms with Crippen LogP contribution in [0.3, 0.4) is 0 Å². The van der Waals surface area contributed by atoms with Gasteiger partial charge in [-0.05, 0) is 69.5 Å². The molecule has 0 bridgehead atoms. The summed E-state index contributed by atoms with van der Waals surface area (Å²) in [5.41, 5.74) is 10.8. The first-order valence-corrected chi connectivity index (χ1v) is 20.0. The van der Waals surface area contributed by atoms with E-state index in [0.29, 0.717) is 0 Å². The monoisotopic (exact) mass is 702 g/mol. The molecule has 0 amide bonds. The predicted octanol–water partition coefficient (Wildman–Crippen LogP) is 15.4. The normalized spacial score (nSPS) is 13.6. The molecule has 1 aliphatic rings. The molecule has 0 N–H and O–H groups in total. The summed E-state index contributed by atoms with van der Waals surface area (Å²) in [5, 5.41) is 8.13. The summed E-state index contributed by atoms with van der Waals surface area (Å²) in [6, 6.07) is 54.1. The highest BCUT2D eigenvalue weighted by Crippen LogP contribution is 2.46. The summed E-state index contributed by atoms with van der Waals surface area (Å²) >= 11 is 5.77. The highest BCUT2D eigenvalue weighted by atomic mass is 32.1. The van der Waals surface area contributed by atoms with Crippen LogP contribution < -0.4 is 0 Å². The van der Waals surface area contributed by atoms with Gasteiger partial charge in [-0.3, -0.25) is 0 Å². The number of hydrogen-bond acceptors (Lipinski definition) is 3. The summed E-state index contributed by atoms with van der Waals surface area (Å²) in [6.07, 6.45) is 6.87. The van der Waals surface area contributed by atoms with Crippen LogP contribution in [0.15, 0.2) is 158 Å². The summed E-state index contributed by atoms with van der Waals surface area (Å²) < 4.78 is 8.24. The van der Waals surface area contributed by atoms with Crippen molar-refractivity contribution in [3.63, 3.8) is 0 Å². The highest BCUT2D eigenvalue weighted by molar-refractivity contribution is 7.27. The minimum atomic E-state index is 1.04. The molecule has 3 aromatic heterocycles. The molecule has 0 radical (unpaired) electrons. The Labute approximate surface area is 307 Å². The Hall–Kier alpha value is -5.32. The average molecular weight is 703 g/mol. The molecule has 51 heavy (non-hydrogen) atoms. The topological polar surface area (TPSA) is 0 Å². The number of rotatable bonds is 4. The van der Waals surface area contributed by atoms with Crippen LogP contribution >= 0.6 is 34.0 Å². The van der Waals surface area contributed by atoms with Gasteiger partial charge in [-0.25, -0.2) is 0 Å². The van der Waals surface area contributed by atoms with E-state index in [-0.39, 0.29) is 0 Å². The molecule has 240 valence electrons. The number of benzene rings is 7. The summed E-state index contributed by atoms with van der Waals surface area (Å²) in [6.45, 7) is 0. The number of allylic oxidation sites excluding steroid dienone is 4. The molecular formula is C48H30S3. The van der Waals surface area contributed by atoms with Gasteiger partial charge in [0.1, 0.15) is 0 Å². The average Bonchev–Trinajstić information content (AvgIpc) is 3.89. The minimum Gasteiger partial charge on any atom is -0.135 e. The third-order valence-electron chi connectivity index (χ3n) is 10.7. The maximum absolute atomic E-state index is 2.39. The van der Waals surface area contributed by atoms with E-state index in [1.165, 1.54) is 105 Å². The van der Waals surface area contributed by atoms with Crippen molar-refractivity contribution in [3.05, 3.63) is 169 Å². The van der Waals surface area contributed by atoms with Gasteiger partial charge in [0.05, 0.1) is 0 Å². The molecule has 3 heteroatoms. The standard InChI is InChI=1S/C48H30S3/c1-3-19-43-37(9-1)39-15-5-11-33(45(39)49-43)29-21-25-31(26-22-29)35-13-7-17-41-42-18-8-14-36(48(42)51-47(35)41)32-27-23-30(24-28-32)34-12-6-16-40-38-10-2-4-20-44(38)50-46(34)40/h1-23,25-27H,24,28H2. The molecule has 11 rings (SSSR count). The van der Waals surface area contributed by atoms with E-state index in [1.807, 2.05) is 34.0 Å². The fraction of sp³-hybridized carbons (Fsp3) is 0.0417. The van der Waals surface area contributed by atoms with E-state index >= 15 is 0 Å². The highest BCUT2D eigenvalue weighted by Gasteiger charge is 2.19. The van der Waals surface area contributed by atoms with Crippen LogP contribution in [-0.2, 0) is 0 Å². The zero-order chi connectivity index (χ0) is 33.5. The van der Waals surface area contributed by atoms with Crippen molar-refractivity contribution in [1.82, 2.24) is 0 Å². The number of hydrogen-bond donors (Lipinski definition) is 0. The third-order valence-corrected chi connectivity index (χ3v) is 14.4. The van der Waals surface area contributed by atoms with Crippen molar-refractivity contribution < 1.29 is 0 Å². The van der Waals surface area contributed by atoms with E-state index in [1.54, 1.807) is 0 Å². The zero-order valence-electron chi connectivity index (χ0n) is 27.7. The predicted molar refractivity (Wildman–Crippen MR) is 228 cm³/mol. The fourth-order valence-corrected chi connectivity index (χ4v) is 12.1. The Balaban J connectivity index is 0.970. The maximum Gasteiger partial charge on any atom is 0.0434 e. The van der Waals surface area contributed by atoms with Gasteiger partial charge in [0, 0.05) is 60.5 Å². The Morgan fingerprint density at radius 1 is 0.294 bits per heavy atom. The second kappa shape index (κ2) is 11.6. The fourth-order valence-electron chi connectivity index (χ4n) is 8.19. The van der Waals surface area contributed by atoms with Crippen molar-refractivity contribution in [1.29, 1.82) is 0 Å². The SMILES string of the molecule is C1=C(c2cccc3c2sc2ccccc23)CCC(c2cccc3c2sc2c(-c4ccc(-c5cccc6c5sc5ccccc56)cc4)cccc23)=C1. The smallest absolute Gasteiger partial charge is 0.0434 e. The van der Waals surface area contributed by atoms with Crippen LogP contribution in [0.1, 0.15) is 24.0 Å². The van der Waals surface area contributed by atoms with E-state index in [9.17, 15) is 0 Å². The van der Waals surface area contributed by atoms with Crippen molar-refractivity contribution in [2.45, 2.75) is 12.8 Å². The lowest BCUT2D eigenvalue weighted by molar-refractivity contribution is 1.08. The summed E-state index contributed by atoms with van der Waals surface area (Å²) in [4.78, 5) is 0. The van der Waals surface area contributed by atoms with Gasteiger partial charge in [0.25, 0.3) is 0 Å². The molecule has 1 aliphatic carbocycles. The molecule has 0 spiro atoms. The Bertz CT molecular complexity index is 3070. The number of thiophene rings is 3. The van der Waals surface area contributed by atoms with Crippen LogP contribution in [0.4, 0.5) is 0 Å². The van der Waals surface area contributed by atoms with E-state index in [0.717, 1.165) is 12.8 Å². The van der Waals surface area contributed by atoms with Gasteiger partial charge in [-0.15, -0.1) is 34.0 Å². The maximum atomic E-state index is 2.39. The third kappa shape index (κ3) is 4.62. The Morgan fingerprint density at radius 2 is 0.647 bits per heavy atom. The van der Waals surface area contributed by atoms with Crippen molar-refractivity contribution in [3.8, 4) is 22.3 Å². The number of fused-ring (bicyclic) bond motifs is 9. The molecule has 0 saturated carbocycles. The lowest BCUT2D eigenvalue weighted by Crippen LogP contribution is -1.94. The van der Waals surface area contributed by atoms with Gasteiger partial charge in [-0.2, -0.15) is 0 Å². The molecule has 0 unspecified atom stereocenters. The molecule has 0 fully saturated rings. The first-order valence-electron chi connectivity index (χ1n) is 17.5. The molecule has 0 saturated heterocycles. The van der Waals surface area contributed by atoms with Crippen molar-refractivity contribution in [2.75, 3.05) is 0 Å². The van der Waals surface area contributed by atoms with Crippen LogP contribution in [-0.4, -0.2) is 0 Å². The van der Waals surface area contributed by atoms with Gasteiger partial charge in [-0.1, -0.05) is 146 Å². The van der Waals surface area contributed by atoms with E-state index in [2.05, 4.69) is 158 Å². The van der Waals surface area contributed by atoms with Crippen LogP contribution in [0.5, 0.6) is 0 Å². The van der Waals surface area contributed by atoms with Gasteiger partial charge < -0.3 is 0 Å². The second-order valence-electron chi connectivity index (χ2n) is 13.5. The molecule has 0 aliphatic heterocycles. The van der Waals surface area contributed by atoms with E-state index in [4.69, 9.17) is 0 Å². The Kier molecular flexibility index (Phi) is 6.70. The Morgan fingerprint density at radius 3 is 1.12 bits per heavy atom. The molecule has 10 aromatic rings. The first kappa shape index (κ1) is 29.4. The van der Waals surface area contributed by atoms with E-state index < -0.39 is 0 Å². The summed E-state index contributed by atoms with van der Waals surface area (Å²) in [5.74, 6) is 0. The van der Waals surface area contributed by atoms with Gasteiger partial charge in [0.15, 0.2) is 0 Å². The lowest BCUT2D eigenvalue weighted by atomic mass is 9.89. The molecule has 3 heterocycles. The lowest BCUT2D eigenvalue weighted by Gasteiger charge is -2.16. The molecular weight excluding hydrogens is 673 g/mol. The zero-order valence-corrected chi connectivity index (χ0v) is 30.1. The quantitative estimate of drug-likeness (QED) is 0.171. The first-order chi connectivity index (χ1) is 25.3. The molecule has 0 nitrogen and oxygen atoms in total. The second-order valence-corrected chi connectivity index (χ2v) is 16.6. The van der Waals surface area contributed by atoms with Gasteiger partial charge >= 0.3 is 0 Å². The van der Waals surface area contributed by atoms with Crippen LogP contribution in [0, 0.1) is 0 Å². The largest absolute Gasteiger partial charge is 0.135 e. The minimum absolute atomic E-state index is 1.04. The van der Waals surface area contributed by atoms with Crippen LogP contribution in [0.2, 0.25) is 0 Å².